The number of allylic oxidation sites excluding steroid dienone is 1. The second-order valence-electron chi connectivity index (χ2n) is 13.7. The smallest absolute Gasteiger partial charge is 0.331 e. The molecule has 0 aromatic carbocycles. The van der Waals surface area contributed by atoms with Crippen LogP contribution in [0.15, 0.2) is 11.6 Å². The number of rotatable bonds is 5. The third-order valence-electron chi connectivity index (χ3n) is 10.5. The number of ether oxygens (including phenoxy) is 5. The Kier molecular flexibility index (Phi) is 6.71. The second-order valence-corrected chi connectivity index (χ2v) is 13.7. The summed E-state index contributed by atoms with van der Waals surface area (Å²) < 4.78 is 32.1. The third kappa shape index (κ3) is 4.48. The van der Waals surface area contributed by atoms with Crippen molar-refractivity contribution < 1.29 is 28.5 Å². The van der Waals surface area contributed by atoms with Gasteiger partial charge in [-0.15, -0.1) is 0 Å². The molecule has 5 rings (SSSR count). The van der Waals surface area contributed by atoms with E-state index in [2.05, 4.69) is 27.7 Å². The van der Waals surface area contributed by atoms with Gasteiger partial charge in [0.15, 0.2) is 18.2 Å². The fourth-order valence-corrected chi connectivity index (χ4v) is 8.33. The first-order chi connectivity index (χ1) is 16.8. The molecule has 6 heteroatoms. The van der Waals surface area contributed by atoms with Crippen LogP contribution in [-0.2, 0) is 28.5 Å². The first-order valence-corrected chi connectivity index (χ1v) is 14.3. The van der Waals surface area contributed by atoms with Gasteiger partial charge in [0, 0.05) is 6.08 Å². The zero-order valence-electron chi connectivity index (χ0n) is 23.8. The maximum absolute atomic E-state index is 12.9. The van der Waals surface area contributed by atoms with Crippen LogP contribution < -0.4 is 0 Å². The molecule has 5 fully saturated rings. The third-order valence-corrected chi connectivity index (χ3v) is 10.5. The maximum Gasteiger partial charge on any atom is 0.331 e. The highest BCUT2D eigenvalue weighted by Crippen LogP contribution is 2.71. The Morgan fingerprint density at radius 3 is 2.39 bits per heavy atom. The molecule has 6 unspecified atom stereocenters. The van der Waals surface area contributed by atoms with Crippen molar-refractivity contribution >= 4 is 5.97 Å². The number of hydrogen-bond acceptors (Lipinski definition) is 6. The molecule has 3 saturated carbocycles. The zero-order valence-corrected chi connectivity index (χ0v) is 23.8. The van der Waals surface area contributed by atoms with Gasteiger partial charge in [-0.1, -0.05) is 39.7 Å². The molecule has 0 amide bonds. The summed E-state index contributed by atoms with van der Waals surface area (Å²) >= 11 is 0. The summed E-state index contributed by atoms with van der Waals surface area (Å²) in [5.41, 5.74) is 1.09. The lowest BCUT2D eigenvalue weighted by atomic mass is 9.74. The van der Waals surface area contributed by atoms with Crippen molar-refractivity contribution in [1.82, 2.24) is 0 Å². The van der Waals surface area contributed by atoms with Crippen LogP contribution in [0.2, 0.25) is 0 Å². The summed E-state index contributed by atoms with van der Waals surface area (Å²) in [6.07, 6.45) is 4.63. The van der Waals surface area contributed by atoms with Crippen molar-refractivity contribution in [3.05, 3.63) is 11.6 Å². The summed E-state index contributed by atoms with van der Waals surface area (Å²) in [5, 5.41) is 0. The monoisotopic (exact) mass is 504 g/mol. The first kappa shape index (κ1) is 26.6. The molecule has 2 aliphatic heterocycles. The van der Waals surface area contributed by atoms with E-state index in [9.17, 15) is 4.79 Å². The molecule has 2 heterocycles. The van der Waals surface area contributed by atoms with Gasteiger partial charge in [-0.05, 0) is 95.3 Å². The Balaban J connectivity index is 1.42. The number of hydrogen-bond donors (Lipinski definition) is 0. The number of fused-ring (bicyclic) bond motifs is 4. The van der Waals surface area contributed by atoms with Crippen molar-refractivity contribution in [2.75, 3.05) is 0 Å². The van der Waals surface area contributed by atoms with E-state index in [-0.39, 0.29) is 23.8 Å². The molecule has 0 bridgehead atoms. The lowest BCUT2D eigenvalue weighted by molar-refractivity contribution is -0.315. The summed E-state index contributed by atoms with van der Waals surface area (Å²) in [5.74, 6) is 2.28. The lowest BCUT2D eigenvalue weighted by Gasteiger charge is -2.47. The normalized spacial score (nSPS) is 49.0. The average Bonchev–Trinajstić information content (AvgIpc) is 3.02. The molecular formula is C30H48O6. The standard InChI is InChI=1S/C30H48O6/c1-10-16(2)15-21(31)33-26-25-24(34-29(7,8)35-25)18(4)32-27(26)36-30(9)14-13-20-23(28(20,5)6)22-17(3)11-12-19(22)30/h15,17-20,22-27H,10-14H2,1-9H3/t17?,18?,19-,20+,22+,23+,24?,25?,26?,27?,30-/m0/s1. The minimum atomic E-state index is -0.771. The molecule has 0 spiro atoms. The number of carbonyl (C=O) groups excluding carboxylic acids is 1. The fraction of sp³-hybridized carbons (Fsp3) is 0.900. The van der Waals surface area contributed by atoms with E-state index < -0.39 is 24.3 Å². The van der Waals surface area contributed by atoms with E-state index >= 15 is 0 Å². The molecule has 11 atom stereocenters. The molecule has 5 aliphatic rings. The topological polar surface area (TPSA) is 63.2 Å². The molecule has 2 saturated heterocycles. The van der Waals surface area contributed by atoms with E-state index in [0.29, 0.717) is 23.2 Å². The molecule has 0 aromatic heterocycles. The Hall–Kier alpha value is -0.950. The van der Waals surface area contributed by atoms with E-state index in [1.807, 2.05) is 34.6 Å². The Labute approximate surface area is 217 Å². The van der Waals surface area contributed by atoms with Crippen molar-refractivity contribution in [3.63, 3.8) is 0 Å². The van der Waals surface area contributed by atoms with Crippen molar-refractivity contribution in [2.24, 2.45) is 35.0 Å². The minimum Gasteiger partial charge on any atom is -0.451 e. The lowest BCUT2D eigenvalue weighted by Crippen LogP contribution is -2.60. The highest BCUT2D eigenvalue weighted by Gasteiger charge is 2.68. The Bertz CT molecular complexity index is 894. The van der Waals surface area contributed by atoms with Gasteiger partial charge >= 0.3 is 5.97 Å². The highest BCUT2D eigenvalue weighted by molar-refractivity contribution is 5.82. The van der Waals surface area contributed by atoms with Gasteiger partial charge < -0.3 is 23.7 Å². The SMILES string of the molecule is CCC(C)=CC(=O)OC1C(O[C@@]2(C)CC[C@@H]3[C@H]([C@@H]4C(C)CC[C@@H]42)C3(C)C)OC(C)C2OC(C)(C)OC21. The van der Waals surface area contributed by atoms with Crippen molar-refractivity contribution in [2.45, 2.75) is 137 Å². The van der Waals surface area contributed by atoms with Crippen LogP contribution in [0, 0.1) is 35.0 Å². The van der Waals surface area contributed by atoms with Gasteiger partial charge in [-0.3, -0.25) is 0 Å². The van der Waals surface area contributed by atoms with Gasteiger partial charge in [0.25, 0.3) is 0 Å². The summed E-state index contributed by atoms with van der Waals surface area (Å²) in [6.45, 7) is 19.4. The molecular weight excluding hydrogens is 456 g/mol. The second kappa shape index (κ2) is 9.07. The highest BCUT2D eigenvalue weighted by atomic mass is 16.8. The van der Waals surface area contributed by atoms with Crippen LogP contribution in [0.25, 0.3) is 0 Å². The molecule has 3 aliphatic carbocycles. The van der Waals surface area contributed by atoms with Crippen LogP contribution in [-0.4, -0.2) is 48.1 Å². The van der Waals surface area contributed by atoms with Crippen LogP contribution in [0.3, 0.4) is 0 Å². The fourth-order valence-electron chi connectivity index (χ4n) is 8.33. The van der Waals surface area contributed by atoms with E-state index in [1.165, 1.54) is 19.3 Å². The van der Waals surface area contributed by atoms with E-state index in [0.717, 1.165) is 30.3 Å². The number of carbonyl (C=O) groups is 1. The minimum absolute atomic E-state index is 0.232. The summed E-state index contributed by atoms with van der Waals surface area (Å²) in [6, 6.07) is 0. The summed E-state index contributed by atoms with van der Waals surface area (Å²) in [4.78, 5) is 12.9. The Morgan fingerprint density at radius 1 is 1.00 bits per heavy atom. The summed E-state index contributed by atoms with van der Waals surface area (Å²) in [7, 11) is 0. The van der Waals surface area contributed by atoms with Crippen LogP contribution in [0.5, 0.6) is 0 Å². The van der Waals surface area contributed by atoms with Crippen LogP contribution in [0.4, 0.5) is 0 Å². The predicted octanol–water partition coefficient (Wildman–Crippen LogP) is 6.02. The maximum atomic E-state index is 12.9. The van der Waals surface area contributed by atoms with Gasteiger partial charge in [0.2, 0.25) is 0 Å². The van der Waals surface area contributed by atoms with Crippen LogP contribution in [0.1, 0.15) is 94.4 Å². The van der Waals surface area contributed by atoms with Crippen molar-refractivity contribution in [3.8, 4) is 0 Å². The van der Waals surface area contributed by atoms with Gasteiger partial charge in [0.1, 0.15) is 12.2 Å². The molecule has 0 N–H and O–H groups in total. The Morgan fingerprint density at radius 2 is 1.69 bits per heavy atom. The quantitative estimate of drug-likeness (QED) is 0.337. The van der Waals surface area contributed by atoms with Gasteiger partial charge in [-0.2, -0.15) is 0 Å². The largest absolute Gasteiger partial charge is 0.451 e. The molecule has 0 radical (unpaired) electrons. The van der Waals surface area contributed by atoms with Crippen molar-refractivity contribution in [1.29, 1.82) is 0 Å². The van der Waals surface area contributed by atoms with Gasteiger partial charge in [-0.25, -0.2) is 4.79 Å². The molecule has 204 valence electrons. The van der Waals surface area contributed by atoms with E-state index in [4.69, 9.17) is 23.7 Å². The van der Waals surface area contributed by atoms with Crippen LogP contribution >= 0.6 is 0 Å². The van der Waals surface area contributed by atoms with E-state index in [1.54, 1.807) is 6.08 Å². The molecule has 0 aromatic rings. The molecule has 6 nitrogen and oxygen atoms in total. The average molecular weight is 505 g/mol. The number of esters is 1. The van der Waals surface area contributed by atoms with Gasteiger partial charge in [0.05, 0.1) is 11.7 Å². The predicted molar refractivity (Wildman–Crippen MR) is 137 cm³/mol. The molecule has 36 heavy (non-hydrogen) atoms. The first-order valence-electron chi connectivity index (χ1n) is 14.3. The zero-order chi connectivity index (χ0) is 26.2.